The third-order valence-electron chi connectivity index (χ3n) is 3.70. The van der Waals surface area contributed by atoms with Gasteiger partial charge in [0.15, 0.2) is 0 Å². The minimum Gasteiger partial charge on any atom is -0.481 e. The molecule has 0 aromatic carbocycles. The zero-order chi connectivity index (χ0) is 14.9. The first kappa shape index (κ1) is 14.0. The predicted molar refractivity (Wildman–Crippen MR) is 70.0 cm³/mol. The Bertz CT molecular complexity index is 621. The number of nitrogens with zero attached hydrogens (tertiary/aromatic N) is 3. The average Bonchev–Trinajstić information content (AvgIpc) is 2.82. The number of carbonyl (C=O) groups excluding carboxylic acids is 1. The topological polar surface area (TPSA) is 94.3 Å². The Morgan fingerprint density at radius 3 is 2.70 bits per heavy atom. The summed E-state index contributed by atoms with van der Waals surface area (Å²) in [5.74, 6) is -1.18. The fourth-order valence-corrected chi connectivity index (χ4v) is 2.27. The molecule has 1 saturated heterocycles. The molecule has 1 aromatic heterocycles. The largest absolute Gasteiger partial charge is 0.481 e. The number of carbonyl (C=O) groups is 2. The Balaban J connectivity index is 2.20. The highest BCUT2D eigenvalue weighted by Gasteiger charge is 2.42. The van der Waals surface area contributed by atoms with E-state index in [2.05, 4.69) is 4.98 Å². The zero-order valence-corrected chi connectivity index (χ0v) is 11.4. The Hall–Kier alpha value is -2.42. The van der Waals surface area contributed by atoms with Crippen molar-refractivity contribution in [2.45, 2.75) is 20.3 Å². The van der Waals surface area contributed by atoms with Crippen molar-refractivity contribution in [2.24, 2.45) is 5.41 Å². The van der Waals surface area contributed by atoms with Crippen LogP contribution in [-0.4, -0.2) is 40.0 Å². The van der Waals surface area contributed by atoms with Gasteiger partial charge in [0, 0.05) is 13.1 Å². The average molecular weight is 273 g/mol. The maximum atomic E-state index is 12.3. The standard InChI is InChI=1S/C14H15N3O3/c1-9-10(7-15)3-4-11(16-9)12(18)17-6-5-14(2,8-17)13(19)20/h3-4H,5-6,8H2,1-2H3,(H,19,20)/t14-/m1/s1. The summed E-state index contributed by atoms with van der Waals surface area (Å²) in [5.41, 5.74) is 0.283. The Morgan fingerprint density at radius 1 is 1.50 bits per heavy atom. The molecular formula is C14H15N3O3. The molecule has 0 aliphatic carbocycles. The molecule has 6 nitrogen and oxygen atoms in total. The summed E-state index contributed by atoms with van der Waals surface area (Å²) in [7, 11) is 0. The first-order valence-corrected chi connectivity index (χ1v) is 6.28. The van der Waals surface area contributed by atoms with Crippen LogP contribution in [0.1, 0.15) is 35.1 Å². The molecule has 0 spiro atoms. The summed E-state index contributed by atoms with van der Waals surface area (Å²) >= 11 is 0. The van der Waals surface area contributed by atoms with Gasteiger partial charge in [-0.15, -0.1) is 0 Å². The summed E-state index contributed by atoms with van der Waals surface area (Å²) in [4.78, 5) is 29.1. The van der Waals surface area contributed by atoms with Gasteiger partial charge in [0.05, 0.1) is 16.7 Å². The molecule has 0 unspecified atom stereocenters. The zero-order valence-electron chi connectivity index (χ0n) is 11.4. The van der Waals surface area contributed by atoms with Crippen LogP contribution < -0.4 is 0 Å². The maximum absolute atomic E-state index is 12.3. The van der Waals surface area contributed by atoms with Crippen molar-refractivity contribution in [3.8, 4) is 6.07 Å². The third-order valence-corrected chi connectivity index (χ3v) is 3.70. The lowest BCUT2D eigenvalue weighted by atomic mass is 9.90. The van der Waals surface area contributed by atoms with E-state index in [1.54, 1.807) is 19.9 Å². The smallest absolute Gasteiger partial charge is 0.311 e. The SMILES string of the molecule is Cc1nc(C(=O)N2CC[C@@](C)(C(=O)O)C2)ccc1C#N. The molecular weight excluding hydrogens is 258 g/mol. The highest BCUT2D eigenvalue weighted by Crippen LogP contribution is 2.30. The third kappa shape index (κ3) is 2.35. The van der Waals surface area contributed by atoms with E-state index in [0.29, 0.717) is 24.2 Å². The molecule has 1 aromatic rings. The number of hydrogen-bond acceptors (Lipinski definition) is 4. The van der Waals surface area contributed by atoms with E-state index >= 15 is 0 Å². The molecule has 104 valence electrons. The molecule has 1 aliphatic heterocycles. The predicted octanol–water partition coefficient (Wildman–Crippen LogP) is 1.20. The highest BCUT2D eigenvalue weighted by atomic mass is 16.4. The van der Waals surface area contributed by atoms with Gasteiger partial charge in [-0.05, 0) is 32.4 Å². The number of pyridine rings is 1. The Labute approximate surface area is 116 Å². The number of carboxylic acid groups (broad SMARTS) is 1. The molecule has 6 heteroatoms. The Morgan fingerprint density at radius 2 is 2.20 bits per heavy atom. The quantitative estimate of drug-likeness (QED) is 0.873. The van der Waals surface area contributed by atoms with Gasteiger partial charge in [0.25, 0.3) is 5.91 Å². The second-order valence-corrected chi connectivity index (χ2v) is 5.28. The van der Waals surface area contributed by atoms with Crippen LogP contribution in [0, 0.1) is 23.7 Å². The summed E-state index contributed by atoms with van der Waals surface area (Å²) in [5, 5.41) is 18.0. The molecule has 20 heavy (non-hydrogen) atoms. The Kier molecular flexibility index (Phi) is 3.45. The molecule has 0 bridgehead atoms. The van der Waals surface area contributed by atoms with Crippen LogP contribution in [0.25, 0.3) is 0 Å². The van der Waals surface area contributed by atoms with Crippen molar-refractivity contribution in [2.75, 3.05) is 13.1 Å². The van der Waals surface area contributed by atoms with Gasteiger partial charge in [-0.2, -0.15) is 5.26 Å². The van der Waals surface area contributed by atoms with E-state index in [0.717, 1.165) is 0 Å². The molecule has 1 N–H and O–H groups in total. The lowest BCUT2D eigenvalue weighted by Crippen LogP contribution is -2.35. The van der Waals surface area contributed by atoms with Crippen LogP contribution in [0.2, 0.25) is 0 Å². The van der Waals surface area contributed by atoms with Crippen molar-refractivity contribution in [3.05, 3.63) is 29.1 Å². The first-order valence-electron chi connectivity index (χ1n) is 6.28. The molecule has 1 atom stereocenters. The van der Waals surface area contributed by atoms with Crippen molar-refractivity contribution in [1.29, 1.82) is 5.26 Å². The van der Waals surface area contributed by atoms with Gasteiger partial charge >= 0.3 is 5.97 Å². The summed E-state index contributed by atoms with van der Waals surface area (Å²) < 4.78 is 0. The summed E-state index contributed by atoms with van der Waals surface area (Å²) in [6.07, 6.45) is 0.434. The van der Waals surface area contributed by atoms with Crippen molar-refractivity contribution >= 4 is 11.9 Å². The van der Waals surface area contributed by atoms with Gasteiger partial charge in [0.2, 0.25) is 0 Å². The second kappa shape index (κ2) is 4.93. The van der Waals surface area contributed by atoms with Crippen molar-refractivity contribution in [1.82, 2.24) is 9.88 Å². The second-order valence-electron chi connectivity index (χ2n) is 5.28. The van der Waals surface area contributed by atoms with Crippen LogP contribution in [0.5, 0.6) is 0 Å². The van der Waals surface area contributed by atoms with E-state index in [9.17, 15) is 9.59 Å². The molecule has 2 rings (SSSR count). The number of nitriles is 1. The molecule has 0 radical (unpaired) electrons. The minimum absolute atomic E-state index is 0.182. The number of aliphatic carboxylic acids is 1. The first-order chi connectivity index (χ1) is 9.37. The number of amides is 1. The maximum Gasteiger partial charge on any atom is 0.311 e. The van der Waals surface area contributed by atoms with Gasteiger partial charge in [-0.3, -0.25) is 9.59 Å². The molecule has 2 heterocycles. The van der Waals surface area contributed by atoms with E-state index in [-0.39, 0.29) is 18.1 Å². The van der Waals surface area contributed by atoms with Crippen LogP contribution >= 0.6 is 0 Å². The van der Waals surface area contributed by atoms with Gasteiger partial charge in [-0.1, -0.05) is 0 Å². The number of carboxylic acids is 1. The van der Waals surface area contributed by atoms with E-state index < -0.39 is 11.4 Å². The fourth-order valence-electron chi connectivity index (χ4n) is 2.27. The van der Waals surface area contributed by atoms with E-state index in [4.69, 9.17) is 10.4 Å². The number of hydrogen-bond donors (Lipinski definition) is 1. The summed E-state index contributed by atoms with van der Waals surface area (Å²) in [6, 6.07) is 5.06. The van der Waals surface area contributed by atoms with E-state index in [1.807, 2.05) is 6.07 Å². The number of likely N-dealkylation sites (tertiary alicyclic amines) is 1. The van der Waals surface area contributed by atoms with Gasteiger partial charge < -0.3 is 10.0 Å². The lowest BCUT2D eigenvalue weighted by Gasteiger charge is -2.20. The summed E-state index contributed by atoms with van der Waals surface area (Å²) in [6.45, 7) is 3.89. The van der Waals surface area contributed by atoms with Crippen LogP contribution in [-0.2, 0) is 4.79 Å². The number of aryl methyl sites for hydroxylation is 1. The van der Waals surface area contributed by atoms with Crippen LogP contribution in [0.4, 0.5) is 0 Å². The molecule has 1 amide bonds. The van der Waals surface area contributed by atoms with Crippen LogP contribution in [0.15, 0.2) is 12.1 Å². The number of rotatable bonds is 2. The molecule has 0 saturated carbocycles. The highest BCUT2D eigenvalue weighted by molar-refractivity contribution is 5.93. The molecule has 1 fully saturated rings. The van der Waals surface area contributed by atoms with Gasteiger partial charge in [0.1, 0.15) is 11.8 Å². The fraction of sp³-hybridized carbons (Fsp3) is 0.429. The van der Waals surface area contributed by atoms with E-state index in [1.165, 1.54) is 11.0 Å². The lowest BCUT2D eigenvalue weighted by molar-refractivity contribution is -0.147. The van der Waals surface area contributed by atoms with Crippen molar-refractivity contribution in [3.63, 3.8) is 0 Å². The normalized spacial score (nSPS) is 21.6. The van der Waals surface area contributed by atoms with Crippen molar-refractivity contribution < 1.29 is 14.7 Å². The van der Waals surface area contributed by atoms with Gasteiger partial charge in [-0.25, -0.2) is 4.98 Å². The van der Waals surface area contributed by atoms with Crippen LogP contribution in [0.3, 0.4) is 0 Å². The minimum atomic E-state index is -0.892. The molecule has 1 aliphatic rings. The number of aromatic nitrogens is 1. The monoisotopic (exact) mass is 273 g/mol.